The van der Waals surface area contributed by atoms with Gasteiger partial charge in [-0.05, 0) is 0 Å². The Morgan fingerprint density at radius 3 is 2.53 bits per heavy atom. The van der Waals surface area contributed by atoms with Gasteiger partial charge in [-0.2, -0.15) is 0 Å². The van der Waals surface area contributed by atoms with Gasteiger partial charge >= 0.3 is 5.97 Å². The zero-order valence-electron chi connectivity index (χ0n) is 7.98. The van der Waals surface area contributed by atoms with Gasteiger partial charge in [0.05, 0.1) is 7.11 Å². The first-order chi connectivity index (χ1) is 6.99. The Morgan fingerprint density at radius 1 is 1.40 bits per heavy atom. The topological polar surface area (TPSA) is 116 Å². The Kier molecular flexibility index (Phi) is 4.00. The van der Waals surface area contributed by atoms with Gasteiger partial charge in [-0.3, -0.25) is 0 Å². The SMILES string of the molecule is COC(=O)C(O)[C@H]1O[CH][C@H](O)[C@@H](O)[C@@H]1O. The summed E-state index contributed by atoms with van der Waals surface area (Å²) in [6.45, 7) is 0.841. The van der Waals surface area contributed by atoms with Crippen LogP contribution in [0.3, 0.4) is 0 Å². The molecule has 0 saturated carbocycles. The number of esters is 1. The van der Waals surface area contributed by atoms with Gasteiger partial charge in [-0.25, -0.2) is 4.79 Å². The Bertz CT molecular complexity index is 231. The molecule has 1 heterocycles. The molecular weight excluding hydrogens is 208 g/mol. The highest BCUT2D eigenvalue weighted by molar-refractivity contribution is 5.75. The zero-order chi connectivity index (χ0) is 11.6. The average Bonchev–Trinajstić information content (AvgIpc) is 2.24. The molecule has 1 saturated heterocycles. The number of carbonyl (C=O) groups excluding carboxylic acids is 1. The van der Waals surface area contributed by atoms with Crippen LogP contribution < -0.4 is 0 Å². The highest BCUT2D eigenvalue weighted by Gasteiger charge is 2.44. The predicted octanol–water partition coefficient (Wildman–Crippen LogP) is -2.84. The molecule has 0 aromatic heterocycles. The summed E-state index contributed by atoms with van der Waals surface area (Å²) < 4.78 is 8.96. The van der Waals surface area contributed by atoms with Gasteiger partial charge in [-0.1, -0.05) is 0 Å². The van der Waals surface area contributed by atoms with Crippen LogP contribution in [0, 0.1) is 6.61 Å². The Labute approximate surface area is 85.9 Å². The van der Waals surface area contributed by atoms with Crippen molar-refractivity contribution in [3.63, 3.8) is 0 Å². The summed E-state index contributed by atoms with van der Waals surface area (Å²) in [5.74, 6) is -0.990. The standard InChI is InChI=1S/C8H13O7/c1-14-8(13)6(12)7-5(11)4(10)3(9)2-15-7/h2-7,9-12H,1H3/t3-,4+,5-,6?,7-/m0/s1. The quantitative estimate of drug-likeness (QED) is 0.371. The lowest BCUT2D eigenvalue weighted by atomic mass is 9.96. The van der Waals surface area contributed by atoms with E-state index in [2.05, 4.69) is 4.74 Å². The number of aliphatic hydroxyl groups excluding tert-OH is 4. The van der Waals surface area contributed by atoms with E-state index in [1.165, 1.54) is 0 Å². The minimum atomic E-state index is -1.72. The van der Waals surface area contributed by atoms with E-state index < -0.39 is 36.5 Å². The fourth-order valence-corrected chi connectivity index (χ4v) is 1.24. The molecule has 5 atom stereocenters. The lowest BCUT2D eigenvalue weighted by molar-refractivity contribution is -0.198. The van der Waals surface area contributed by atoms with Gasteiger partial charge < -0.3 is 29.9 Å². The van der Waals surface area contributed by atoms with Gasteiger partial charge in [0.2, 0.25) is 0 Å². The Hall–Kier alpha value is -0.730. The molecule has 0 bridgehead atoms. The second-order valence-corrected chi connectivity index (χ2v) is 3.18. The van der Waals surface area contributed by atoms with E-state index in [4.69, 9.17) is 9.84 Å². The maximum absolute atomic E-state index is 10.9. The van der Waals surface area contributed by atoms with Gasteiger partial charge in [0.1, 0.15) is 31.0 Å². The fraction of sp³-hybridized carbons (Fsp3) is 0.750. The molecule has 0 aromatic rings. The van der Waals surface area contributed by atoms with Crippen LogP contribution in [0.2, 0.25) is 0 Å². The van der Waals surface area contributed by atoms with Crippen LogP contribution in [-0.2, 0) is 14.3 Å². The van der Waals surface area contributed by atoms with Gasteiger partial charge in [0, 0.05) is 0 Å². The second kappa shape index (κ2) is 4.86. The summed E-state index contributed by atoms with van der Waals surface area (Å²) in [5, 5.41) is 37.0. The number of hydrogen-bond donors (Lipinski definition) is 4. The predicted molar refractivity (Wildman–Crippen MR) is 45.2 cm³/mol. The summed E-state index contributed by atoms with van der Waals surface area (Å²) >= 11 is 0. The lowest BCUT2D eigenvalue weighted by Crippen LogP contribution is -2.56. The molecule has 7 heteroatoms. The summed E-state index contributed by atoms with van der Waals surface area (Å²) in [5.41, 5.74) is 0. The molecule has 7 nitrogen and oxygen atoms in total. The molecule has 4 N–H and O–H groups in total. The van der Waals surface area contributed by atoms with Crippen molar-refractivity contribution < 1.29 is 34.7 Å². The molecular formula is C8H13O7. The average molecular weight is 221 g/mol. The third-order valence-corrected chi connectivity index (χ3v) is 2.17. The van der Waals surface area contributed by atoms with Crippen LogP contribution in [0.25, 0.3) is 0 Å². The molecule has 1 fully saturated rings. The van der Waals surface area contributed by atoms with Gasteiger partial charge in [0.15, 0.2) is 6.10 Å². The van der Waals surface area contributed by atoms with E-state index in [1.54, 1.807) is 0 Å². The molecule has 0 aliphatic carbocycles. The number of carbonyl (C=O) groups is 1. The highest BCUT2D eigenvalue weighted by atomic mass is 16.6. The zero-order valence-corrected chi connectivity index (χ0v) is 7.98. The summed E-state index contributed by atoms with van der Waals surface area (Å²) in [7, 11) is 1.07. The largest absolute Gasteiger partial charge is 0.467 e. The molecule has 1 aliphatic rings. The maximum atomic E-state index is 10.9. The van der Waals surface area contributed by atoms with Crippen LogP contribution in [0.15, 0.2) is 0 Å². The highest BCUT2D eigenvalue weighted by Crippen LogP contribution is 2.21. The van der Waals surface area contributed by atoms with E-state index in [9.17, 15) is 20.1 Å². The molecule has 1 radical (unpaired) electrons. The summed E-state index contributed by atoms with van der Waals surface area (Å²) in [4.78, 5) is 10.9. The molecule has 0 spiro atoms. The number of rotatable bonds is 2. The van der Waals surface area contributed by atoms with Crippen LogP contribution in [0.5, 0.6) is 0 Å². The van der Waals surface area contributed by atoms with Crippen molar-refractivity contribution in [3.8, 4) is 0 Å². The smallest absolute Gasteiger partial charge is 0.337 e. The van der Waals surface area contributed by atoms with E-state index in [1.807, 2.05) is 0 Å². The van der Waals surface area contributed by atoms with Gasteiger partial charge in [-0.15, -0.1) is 0 Å². The Morgan fingerprint density at radius 2 is 2.00 bits per heavy atom. The number of hydrogen-bond acceptors (Lipinski definition) is 7. The summed E-state index contributed by atoms with van der Waals surface area (Å²) in [6.07, 6.45) is -7.51. The van der Waals surface area contributed by atoms with E-state index in [-0.39, 0.29) is 0 Å². The van der Waals surface area contributed by atoms with Crippen LogP contribution in [0.1, 0.15) is 0 Å². The van der Waals surface area contributed by atoms with Crippen LogP contribution in [-0.4, -0.2) is 64.0 Å². The molecule has 15 heavy (non-hydrogen) atoms. The molecule has 87 valence electrons. The third kappa shape index (κ3) is 2.44. The summed E-state index contributed by atoms with van der Waals surface area (Å²) in [6, 6.07) is 0. The minimum absolute atomic E-state index is 0.841. The molecule has 0 aromatic carbocycles. The maximum Gasteiger partial charge on any atom is 0.337 e. The number of methoxy groups -OCH3 is 1. The molecule has 1 unspecified atom stereocenters. The molecule has 1 rings (SSSR count). The monoisotopic (exact) mass is 221 g/mol. The van der Waals surface area contributed by atoms with Crippen molar-refractivity contribution in [3.05, 3.63) is 6.61 Å². The van der Waals surface area contributed by atoms with E-state index in [0.717, 1.165) is 13.7 Å². The number of ether oxygens (including phenoxy) is 2. The van der Waals surface area contributed by atoms with Crippen molar-refractivity contribution in [1.29, 1.82) is 0 Å². The second-order valence-electron chi connectivity index (χ2n) is 3.18. The molecule has 1 aliphatic heterocycles. The van der Waals surface area contributed by atoms with Gasteiger partial charge in [0.25, 0.3) is 0 Å². The van der Waals surface area contributed by atoms with Crippen molar-refractivity contribution in [2.75, 3.05) is 7.11 Å². The van der Waals surface area contributed by atoms with E-state index >= 15 is 0 Å². The third-order valence-electron chi connectivity index (χ3n) is 2.17. The van der Waals surface area contributed by atoms with Crippen molar-refractivity contribution in [2.24, 2.45) is 0 Å². The van der Waals surface area contributed by atoms with Crippen LogP contribution in [0.4, 0.5) is 0 Å². The first-order valence-electron chi connectivity index (χ1n) is 4.28. The van der Waals surface area contributed by atoms with Crippen molar-refractivity contribution in [2.45, 2.75) is 30.5 Å². The Balaban J connectivity index is 2.66. The number of aliphatic hydroxyl groups is 4. The lowest BCUT2D eigenvalue weighted by Gasteiger charge is -2.36. The minimum Gasteiger partial charge on any atom is -0.467 e. The fourth-order valence-electron chi connectivity index (χ4n) is 1.24. The molecule has 0 amide bonds. The van der Waals surface area contributed by atoms with E-state index in [0.29, 0.717) is 0 Å². The van der Waals surface area contributed by atoms with Crippen molar-refractivity contribution >= 4 is 5.97 Å². The first kappa shape index (κ1) is 12.3. The normalized spacial score (nSPS) is 38.5. The first-order valence-corrected chi connectivity index (χ1v) is 4.28. The van der Waals surface area contributed by atoms with Crippen molar-refractivity contribution in [1.82, 2.24) is 0 Å². The van der Waals surface area contributed by atoms with Crippen LogP contribution >= 0.6 is 0 Å².